The molecule has 1 fully saturated rings. The summed E-state index contributed by atoms with van der Waals surface area (Å²) in [6, 6.07) is 0.574. The van der Waals surface area contributed by atoms with Crippen LogP contribution in [0.15, 0.2) is 0 Å². The third kappa shape index (κ3) is 3.86. The van der Waals surface area contributed by atoms with E-state index >= 15 is 0 Å². The van der Waals surface area contributed by atoms with Crippen molar-refractivity contribution < 1.29 is 0 Å². The summed E-state index contributed by atoms with van der Waals surface area (Å²) < 4.78 is 0. The maximum Gasteiger partial charge on any atom is 0.245 e. The molecule has 5 heteroatoms. The number of aromatic nitrogens is 3. The lowest BCUT2D eigenvalue weighted by molar-refractivity contribution is 0.368. The number of anilines is 1. The zero-order valence-corrected chi connectivity index (χ0v) is 12.5. The van der Waals surface area contributed by atoms with Gasteiger partial charge in [0.25, 0.3) is 0 Å². The molecule has 0 aromatic carbocycles. The lowest BCUT2D eigenvalue weighted by Crippen LogP contribution is -2.39. The number of nitrogens with one attached hydrogen (secondary N) is 1. The number of rotatable bonds is 4. The van der Waals surface area contributed by atoms with Crippen molar-refractivity contribution in [3.63, 3.8) is 0 Å². The summed E-state index contributed by atoms with van der Waals surface area (Å²) in [5.41, 5.74) is 1.90. The van der Waals surface area contributed by atoms with Crippen LogP contribution in [-0.4, -0.2) is 40.9 Å². The molecule has 1 aromatic rings. The molecule has 0 unspecified atom stereocenters. The summed E-state index contributed by atoms with van der Waals surface area (Å²) in [5, 5.41) is 11.9. The van der Waals surface area contributed by atoms with Crippen molar-refractivity contribution in [2.24, 2.45) is 5.92 Å². The maximum atomic E-state index is 4.53. The number of aryl methyl sites for hydroxylation is 2. The largest absolute Gasteiger partial charge is 0.340 e. The van der Waals surface area contributed by atoms with E-state index < -0.39 is 0 Å². The Kier molecular flexibility index (Phi) is 4.69. The van der Waals surface area contributed by atoms with Crippen LogP contribution in [0.25, 0.3) is 0 Å². The Balaban J connectivity index is 1.87. The van der Waals surface area contributed by atoms with Crippen molar-refractivity contribution in [1.29, 1.82) is 0 Å². The molecule has 5 nitrogen and oxygen atoms in total. The molecule has 2 heterocycles. The lowest BCUT2D eigenvalue weighted by atomic mass is 9.97. The van der Waals surface area contributed by atoms with E-state index in [0.29, 0.717) is 6.04 Å². The Morgan fingerprint density at radius 3 is 2.42 bits per heavy atom. The summed E-state index contributed by atoms with van der Waals surface area (Å²) >= 11 is 0. The second kappa shape index (κ2) is 6.28. The van der Waals surface area contributed by atoms with Crippen molar-refractivity contribution in [1.82, 2.24) is 20.5 Å². The van der Waals surface area contributed by atoms with Crippen LogP contribution in [0.5, 0.6) is 0 Å². The first-order chi connectivity index (χ1) is 9.06. The monoisotopic (exact) mass is 263 g/mol. The van der Waals surface area contributed by atoms with Crippen molar-refractivity contribution in [3.05, 3.63) is 11.4 Å². The highest BCUT2D eigenvalue weighted by molar-refractivity contribution is 5.30. The minimum Gasteiger partial charge on any atom is -0.340 e. The summed E-state index contributed by atoms with van der Waals surface area (Å²) in [7, 11) is 0. The van der Waals surface area contributed by atoms with E-state index in [4.69, 9.17) is 0 Å². The van der Waals surface area contributed by atoms with E-state index in [9.17, 15) is 0 Å². The van der Waals surface area contributed by atoms with Crippen molar-refractivity contribution in [2.75, 3.05) is 24.5 Å². The highest BCUT2D eigenvalue weighted by atomic mass is 15.3. The average molecular weight is 263 g/mol. The van der Waals surface area contributed by atoms with Gasteiger partial charge in [-0.15, -0.1) is 5.10 Å². The molecular formula is C14H25N5. The van der Waals surface area contributed by atoms with Crippen molar-refractivity contribution >= 4 is 5.95 Å². The molecule has 0 atom stereocenters. The highest BCUT2D eigenvalue weighted by Gasteiger charge is 2.21. The zero-order valence-electron chi connectivity index (χ0n) is 12.5. The first-order valence-corrected chi connectivity index (χ1v) is 7.22. The van der Waals surface area contributed by atoms with Crippen LogP contribution in [0.3, 0.4) is 0 Å². The Morgan fingerprint density at radius 2 is 1.84 bits per heavy atom. The predicted molar refractivity (Wildman–Crippen MR) is 77.4 cm³/mol. The Morgan fingerprint density at radius 1 is 1.16 bits per heavy atom. The summed E-state index contributed by atoms with van der Waals surface area (Å²) in [4.78, 5) is 6.79. The minimum atomic E-state index is 0.574. The second-order valence-corrected chi connectivity index (χ2v) is 5.78. The normalized spacial score (nSPS) is 17.2. The SMILES string of the molecule is Cc1nnc(N2CCC(CNC(C)C)CC2)nc1C. The fourth-order valence-electron chi connectivity index (χ4n) is 2.32. The summed E-state index contributed by atoms with van der Waals surface area (Å²) in [6.45, 7) is 11.5. The molecular weight excluding hydrogens is 238 g/mol. The van der Waals surface area contributed by atoms with Crippen LogP contribution in [-0.2, 0) is 0 Å². The van der Waals surface area contributed by atoms with Gasteiger partial charge in [0.05, 0.1) is 11.4 Å². The molecule has 0 bridgehead atoms. The fourth-order valence-corrected chi connectivity index (χ4v) is 2.32. The van der Waals surface area contributed by atoms with Crippen LogP contribution in [0.1, 0.15) is 38.1 Å². The van der Waals surface area contributed by atoms with E-state index in [1.807, 2.05) is 13.8 Å². The lowest BCUT2D eigenvalue weighted by Gasteiger charge is -2.32. The van der Waals surface area contributed by atoms with Gasteiger partial charge in [0.15, 0.2) is 0 Å². The van der Waals surface area contributed by atoms with Gasteiger partial charge in [-0.25, -0.2) is 4.98 Å². The molecule has 19 heavy (non-hydrogen) atoms. The van der Waals surface area contributed by atoms with Gasteiger partial charge in [0, 0.05) is 19.1 Å². The molecule has 106 valence electrons. The zero-order chi connectivity index (χ0) is 13.8. The molecule has 0 amide bonds. The summed E-state index contributed by atoms with van der Waals surface area (Å²) in [6.07, 6.45) is 2.41. The predicted octanol–water partition coefficient (Wildman–Crippen LogP) is 1.70. The van der Waals surface area contributed by atoms with E-state index in [1.165, 1.54) is 12.8 Å². The average Bonchev–Trinajstić information content (AvgIpc) is 2.40. The maximum absolute atomic E-state index is 4.53. The number of nitrogens with zero attached hydrogens (tertiary/aromatic N) is 4. The van der Waals surface area contributed by atoms with Gasteiger partial charge in [-0.05, 0) is 39.2 Å². The standard InChI is InChI=1S/C14H25N5/c1-10(2)15-9-13-5-7-19(8-6-13)14-16-11(3)12(4)17-18-14/h10,13,15H,5-9H2,1-4H3. The Bertz CT molecular complexity index is 410. The first kappa shape index (κ1) is 14.2. The third-order valence-corrected chi connectivity index (χ3v) is 3.79. The van der Waals surface area contributed by atoms with E-state index in [1.54, 1.807) is 0 Å². The van der Waals surface area contributed by atoms with E-state index in [0.717, 1.165) is 42.9 Å². The highest BCUT2D eigenvalue weighted by Crippen LogP contribution is 2.20. The molecule has 0 spiro atoms. The van der Waals surface area contributed by atoms with Gasteiger partial charge in [0.2, 0.25) is 5.95 Å². The molecule has 1 aliphatic heterocycles. The van der Waals surface area contributed by atoms with Gasteiger partial charge in [-0.1, -0.05) is 13.8 Å². The van der Waals surface area contributed by atoms with Crippen molar-refractivity contribution in [2.45, 2.75) is 46.6 Å². The smallest absolute Gasteiger partial charge is 0.245 e. The van der Waals surface area contributed by atoms with Crippen LogP contribution in [0.4, 0.5) is 5.95 Å². The number of piperidine rings is 1. The van der Waals surface area contributed by atoms with Gasteiger partial charge in [-0.3, -0.25) is 0 Å². The quantitative estimate of drug-likeness (QED) is 0.896. The third-order valence-electron chi connectivity index (χ3n) is 3.79. The molecule has 0 aliphatic carbocycles. The van der Waals surface area contributed by atoms with Gasteiger partial charge in [-0.2, -0.15) is 5.10 Å². The van der Waals surface area contributed by atoms with Gasteiger partial charge < -0.3 is 10.2 Å². The molecule has 1 aliphatic rings. The molecule has 1 N–H and O–H groups in total. The van der Waals surface area contributed by atoms with E-state index in [-0.39, 0.29) is 0 Å². The van der Waals surface area contributed by atoms with E-state index in [2.05, 4.69) is 39.2 Å². The Hall–Kier alpha value is -1.23. The number of hydrogen-bond donors (Lipinski definition) is 1. The van der Waals surface area contributed by atoms with Crippen LogP contribution >= 0.6 is 0 Å². The number of hydrogen-bond acceptors (Lipinski definition) is 5. The molecule has 0 radical (unpaired) electrons. The molecule has 1 saturated heterocycles. The van der Waals surface area contributed by atoms with Gasteiger partial charge in [0.1, 0.15) is 0 Å². The van der Waals surface area contributed by atoms with Crippen molar-refractivity contribution in [3.8, 4) is 0 Å². The first-order valence-electron chi connectivity index (χ1n) is 7.22. The minimum absolute atomic E-state index is 0.574. The van der Waals surface area contributed by atoms with Crippen LogP contribution < -0.4 is 10.2 Å². The van der Waals surface area contributed by atoms with Gasteiger partial charge >= 0.3 is 0 Å². The molecule has 2 rings (SSSR count). The molecule has 1 aromatic heterocycles. The fraction of sp³-hybridized carbons (Fsp3) is 0.786. The Labute approximate surface area is 115 Å². The second-order valence-electron chi connectivity index (χ2n) is 5.78. The topological polar surface area (TPSA) is 53.9 Å². The van der Waals surface area contributed by atoms with Crippen LogP contribution in [0.2, 0.25) is 0 Å². The molecule has 0 saturated carbocycles. The van der Waals surface area contributed by atoms with Crippen LogP contribution in [0, 0.1) is 19.8 Å². The summed E-state index contributed by atoms with van der Waals surface area (Å²) in [5.74, 6) is 1.57.